The van der Waals surface area contributed by atoms with Crippen molar-refractivity contribution in [3.05, 3.63) is 58.0 Å². The molecule has 4 rings (SSSR count). The van der Waals surface area contributed by atoms with E-state index in [9.17, 15) is 18.9 Å². The van der Waals surface area contributed by atoms with Gasteiger partial charge in [-0.2, -0.15) is 13.8 Å². The lowest BCUT2D eigenvalue weighted by Gasteiger charge is -2.22. The van der Waals surface area contributed by atoms with Gasteiger partial charge < -0.3 is 18.9 Å². The van der Waals surface area contributed by atoms with Crippen molar-refractivity contribution in [3.8, 4) is 22.9 Å². The molecule has 0 fully saturated rings. The van der Waals surface area contributed by atoms with Crippen molar-refractivity contribution in [1.29, 1.82) is 0 Å². The van der Waals surface area contributed by atoms with Crippen LogP contribution in [0.15, 0.2) is 40.9 Å². The Labute approximate surface area is 175 Å². The van der Waals surface area contributed by atoms with Gasteiger partial charge in [-0.1, -0.05) is 5.16 Å². The summed E-state index contributed by atoms with van der Waals surface area (Å²) in [5.41, 5.74) is 2.34. The monoisotopic (exact) mass is 432 g/mol. The van der Waals surface area contributed by atoms with E-state index < -0.39 is 11.5 Å². The first-order valence-corrected chi connectivity index (χ1v) is 9.35. The third kappa shape index (κ3) is 4.11. The zero-order valence-corrected chi connectivity index (χ0v) is 16.6. The fourth-order valence-electron chi connectivity index (χ4n) is 3.62. The molecule has 9 nitrogen and oxygen atoms in total. The van der Waals surface area contributed by atoms with Crippen molar-refractivity contribution in [2.75, 3.05) is 12.0 Å². The first-order valence-electron chi connectivity index (χ1n) is 9.35. The van der Waals surface area contributed by atoms with Crippen molar-refractivity contribution in [2.24, 2.45) is 0 Å². The number of non-ortho nitro benzene ring substituents is 1. The summed E-state index contributed by atoms with van der Waals surface area (Å²) in [6.07, 6.45) is 0.667. The number of halogens is 2. The Kier molecular flexibility index (Phi) is 5.40. The molecule has 0 aliphatic carbocycles. The average molecular weight is 432 g/mol. The summed E-state index contributed by atoms with van der Waals surface area (Å²) in [5, 5.41) is 15.0. The molecule has 1 aliphatic heterocycles. The Morgan fingerprint density at radius 3 is 2.81 bits per heavy atom. The number of hydrogen-bond acceptors (Lipinski definition) is 8. The van der Waals surface area contributed by atoms with Gasteiger partial charge in [-0.15, -0.1) is 0 Å². The fourth-order valence-corrected chi connectivity index (χ4v) is 3.62. The molecule has 31 heavy (non-hydrogen) atoms. The molecule has 2 aromatic carbocycles. The minimum absolute atomic E-state index is 0.0566. The number of alkyl halides is 2. The summed E-state index contributed by atoms with van der Waals surface area (Å²) in [6, 6.07) is 9.24. The van der Waals surface area contributed by atoms with Crippen LogP contribution in [-0.2, 0) is 13.0 Å². The Hall–Kier alpha value is -3.76. The molecule has 1 unspecified atom stereocenters. The lowest BCUT2D eigenvalue weighted by atomic mass is 10.1. The number of aromatic nitrogens is 2. The molecule has 0 N–H and O–H groups in total. The molecular weight excluding hydrogens is 414 g/mol. The number of methoxy groups -OCH3 is 1. The summed E-state index contributed by atoms with van der Waals surface area (Å²) in [6.45, 7) is -0.637. The number of rotatable bonds is 7. The minimum Gasteiger partial charge on any atom is -0.493 e. The van der Waals surface area contributed by atoms with E-state index in [2.05, 4.69) is 14.9 Å². The van der Waals surface area contributed by atoms with Gasteiger partial charge in [-0.25, -0.2) is 0 Å². The lowest BCUT2D eigenvalue weighted by Crippen LogP contribution is -2.28. The van der Waals surface area contributed by atoms with Gasteiger partial charge >= 0.3 is 6.61 Å². The predicted molar refractivity (Wildman–Crippen MR) is 105 cm³/mol. The fraction of sp³-hybridized carbons (Fsp3) is 0.300. The highest BCUT2D eigenvalue weighted by atomic mass is 19.3. The molecule has 162 valence electrons. The lowest BCUT2D eigenvalue weighted by molar-refractivity contribution is -0.384. The van der Waals surface area contributed by atoms with Crippen LogP contribution < -0.4 is 14.4 Å². The topological polar surface area (TPSA) is 104 Å². The molecule has 0 spiro atoms. The number of benzene rings is 2. The number of nitro benzene ring substituents is 1. The third-order valence-corrected chi connectivity index (χ3v) is 5.04. The summed E-state index contributed by atoms with van der Waals surface area (Å²) >= 11 is 0. The van der Waals surface area contributed by atoms with Crippen LogP contribution in [0.3, 0.4) is 0 Å². The molecule has 0 saturated carbocycles. The maximum absolute atomic E-state index is 12.5. The molecule has 3 aromatic rings. The maximum Gasteiger partial charge on any atom is 0.387 e. The minimum atomic E-state index is -2.97. The van der Waals surface area contributed by atoms with E-state index in [0.29, 0.717) is 24.4 Å². The first kappa shape index (κ1) is 20.5. The second kappa shape index (κ2) is 8.17. The van der Waals surface area contributed by atoms with Gasteiger partial charge in [0.1, 0.15) is 0 Å². The number of nitro groups is 1. The Balaban J connectivity index is 1.55. The number of fused-ring (bicyclic) bond motifs is 1. The van der Waals surface area contributed by atoms with Crippen molar-refractivity contribution >= 4 is 11.4 Å². The number of nitrogens with zero attached hydrogens (tertiary/aromatic N) is 4. The van der Waals surface area contributed by atoms with Gasteiger partial charge in [0.25, 0.3) is 5.69 Å². The second-order valence-corrected chi connectivity index (χ2v) is 7.01. The molecule has 11 heteroatoms. The van der Waals surface area contributed by atoms with Crippen LogP contribution >= 0.6 is 0 Å². The highest BCUT2D eigenvalue weighted by molar-refractivity contribution is 5.63. The third-order valence-electron chi connectivity index (χ3n) is 5.04. The molecule has 2 heterocycles. The largest absolute Gasteiger partial charge is 0.493 e. The smallest absolute Gasteiger partial charge is 0.387 e. The van der Waals surface area contributed by atoms with E-state index in [1.54, 1.807) is 12.1 Å². The van der Waals surface area contributed by atoms with Crippen LogP contribution in [-0.4, -0.2) is 34.8 Å². The van der Waals surface area contributed by atoms with E-state index >= 15 is 0 Å². The Morgan fingerprint density at radius 2 is 2.10 bits per heavy atom. The van der Waals surface area contributed by atoms with Gasteiger partial charge in [-0.3, -0.25) is 10.1 Å². The van der Waals surface area contributed by atoms with Gasteiger partial charge in [0.2, 0.25) is 11.7 Å². The molecule has 0 amide bonds. The standard InChI is InChI=1S/C20H18F2N4O5/c1-11-7-13-8-14(26(27)28)4-5-15(13)25(11)10-18-23-19(24-31-18)12-3-6-16(30-20(21)22)17(9-12)29-2/h3-6,8-9,11,20H,7,10H2,1-2H3. The molecule has 1 aliphatic rings. The molecular formula is C20H18F2N4O5. The zero-order chi connectivity index (χ0) is 22.1. The molecule has 0 radical (unpaired) electrons. The molecule has 0 saturated heterocycles. The van der Waals surface area contributed by atoms with Gasteiger partial charge in [0, 0.05) is 29.4 Å². The highest BCUT2D eigenvalue weighted by Gasteiger charge is 2.29. The molecule has 0 bridgehead atoms. The van der Waals surface area contributed by atoms with E-state index in [0.717, 1.165) is 11.3 Å². The van der Waals surface area contributed by atoms with Crippen LogP contribution in [0.1, 0.15) is 18.4 Å². The SMILES string of the molecule is COc1cc(-c2noc(CN3c4ccc([N+](=O)[O-])cc4CC3C)n2)ccc1OC(F)F. The van der Waals surface area contributed by atoms with Crippen molar-refractivity contribution in [1.82, 2.24) is 10.1 Å². The highest BCUT2D eigenvalue weighted by Crippen LogP contribution is 2.36. The van der Waals surface area contributed by atoms with E-state index in [1.165, 1.54) is 31.4 Å². The molecule has 1 aromatic heterocycles. The molecule has 1 atom stereocenters. The number of anilines is 1. The van der Waals surface area contributed by atoms with Gasteiger partial charge in [0.05, 0.1) is 18.6 Å². The summed E-state index contributed by atoms with van der Waals surface area (Å²) in [4.78, 5) is 17.0. The van der Waals surface area contributed by atoms with Crippen LogP contribution in [0.25, 0.3) is 11.4 Å². The zero-order valence-electron chi connectivity index (χ0n) is 16.6. The van der Waals surface area contributed by atoms with Crippen LogP contribution in [0.4, 0.5) is 20.2 Å². The van der Waals surface area contributed by atoms with Crippen LogP contribution in [0, 0.1) is 10.1 Å². The quantitative estimate of drug-likeness (QED) is 0.404. The van der Waals surface area contributed by atoms with Crippen LogP contribution in [0.2, 0.25) is 0 Å². The van der Waals surface area contributed by atoms with Crippen molar-refractivity contribution in [3.63, 3.8) is 0 Å². The maximum atomic E-state index is 12.5. The number of ether oxygens (including phenoxy) is 2. The van der Waals surface area contributed by atoms with Gasteiger partial charge in [0.15, 0.2) is 11.5 Å². The average Bonchev–Trinajstić information content (AvgIpc) is 3.32. The number of hydrogen-bond donors (Lipinski definition) is 0. The first-order chi connectivity index (χ1) is 14.9. The van der Waals surface area contributed by atoms with E-state index in [1.807, 2.05) is 11.8 Å². The summed E-state index contributed by atoms with van der Waals surface area (Å²) in [5.74, 6) is 0.641. The Morgan fingerprint density at radius 1 is 1.29 bits per heavy atom. The van der Waals surface area contributed by atoms with E-state index in [-0.39, 0.29) is 29.1 Å². The normalized spacial score (nSPS) is 15.3. The second-order valence-electron chi connectivity index (χ2n) is 7.01. The van der Waals surface area contributed by atoms with E-state index in [4.69, 9.17) is 9.26 Å². The Bertz CT molecular complexity index is 1120. The van der Waals surface area contributed by atoms with Crippen molar-refractivity contribution in [2.45, 2.75) is 32.5 Å². The predicted octanol–water partition coefficient (Wildman–Crippen LogP) is 4.21. The van der Waals surface area contributed by atoms with Crippen molar-refractivity contribution < 1.29 is 27.7 Å². The summed E-state index contributed by atoms with van der Waals surface area (Å²) < 4.78 is 39.9. The van der Waals surface area contributed by atoms with Crippen LogP contribution in [0.5, 0.6) is 11.5 Å². The van der Waals surface area contributed by atoms with Gasteiger partial charge in [-0.05, 0) is 43.2 Å². The summed E-state index contributed by atoms with van der Waals surface area (Å²) in [7, 11) is 1.34.